The summed E-state index contributed by atoms with van der Waals surface area (Å²) in [5.41, 5.74) is -0.0629. The molecule has 3 N–H and O–H groups in total. The molecule has 0 aliphatic carbocycles. The lowest BCUT2D eigenvalue weighted by Crippen LogP contribution is -2.55. The van der Waals surface area contributed by atoms with Gasteiger partial charge < -0.3 is 20.4 Å². The molecule has 7 nitrogen and oxygen atoms in total. The first-order valence-electron chi connectivity index (χ1n) is 8.71. The summed E-state index contributed by atoms with van der Waals surface area (Å²) in [6, 6.07) is 6.92. The molecule has 1 aliphatic heterocycles. The summed E-state index contributed by atoms with van der Waals surface area (Å²) in [5.74, 6) is -1.83. The smallest absolute Gasteiger partial charge is 0.337 e. The van der Waals surface area contributed by atoms with Crippen molar-refractivity contribution in [3.8, 4) is 0 Å². The normalized spacial score (nSPS) is 18.8. The van der Waals surface area contributed by atoms with Gasteiger partial charge in [0.25, 0.3) is 0 Å². The number of amides is 2. The molecule has 2 unspecified atom stereocenters. The monoisotopic (exact) mass is 362 g/mol. The molecule has 0 radical (unpaired) electrons. The van der Waals surface area contributed by atoms with Crippen LogP contribution in [0.2, 0.25) is 0 Å². The lowest BCUT2D eigenvalue weighted by Gasteiger charge is -2.36. The number of carbonyl (C=O) groups excluding carboxylic acids is 2. The molecule has 0 saturated carbocycles. The molecule has 0 aromatic heterocycles. The Bertz CT molecular complexity index is 699. The number of benzene rings is 1. The van der Waals surface area contributed by atoms with Crippen LogP contribution in [0.5, 0.6) is 0 Å². The van der Waals surface area contributed by atoms with Crippen LogP contribution in [0.1, 0.15) is 38.3 Å². The largest absolute Gasteiger partial charge is 0.479 e. The summed E-state index contributed by atoms with van der Waals surface area (Å²) >= 11 is 0. The van der Waals surface area contributed by atoms with E-state index in [1.54, 1.807) is 4.90 Å². The van der Waals surface area contributed by atoms with E-state index < -0.39 is 30.1 Å². The van der Waals surface area contributed by atoms with Crippen molar-refractivity contribution in [3.05, 3.63) is 35.4 Å². The number of carbonyl (C=O) groups is 3. The number of carboxylic acids is 1. The van der Waals surface area contributed by atoms with Gasteiger partial charge in [-0.3, -0.25) is 9.59 Å². The highest BCUT2D eigenvalue weighted by Crippen LogP contribution is 2.25. The molecule has 0 saturated heterocycles. The highest BCUT2D eigenvalue weighted by Gasteiger charge is 2.36. The van der Waals surface area contributed by atoms with Crippen LogP contribution in [0.15, 0.2) is 24.3 Å². The maximum atomic E-state index is 12.7. The van der Waals surface area contributed by atoms with Crippen LogP contribution in [0, 0.1) is 5.92 Å². The second-order valence-electron chi connectivity index (χ2n) is 7.41. The number of rotatable bonds is 6. The Labute approximate surface area is 153 Å². The fraction of sp³-hybridized carbons (Fsp3) is 0.526. The van der Waals surface area contributed by atoms with Crippen molar-refractivity contribution in [2.75, 3.05) is 6.54 Å². The molecule has 2 rings (SSSR count). The molecule has 1 aliphatic rings. The minimum atomic E-state index is -2.06. The molecule has 2 amide bonds. The van der Waals surface area contributed by atoms with E-state index in [2.05, 4.69) is 5.32 Å². The summed E-state index contributed by atoms with van der Waals surface area (Å²) < 4.78 is 0. The van der Waals surface area contributed by atoms with E-state index in [-0.39, 0.29) is 11.8 Å². The number of aliphatic hydroxyl groups is 1. The summed E-state index contributed by atoms with van der Waals surface area (Å²) in [6.45, 7) is 4.91. The molecule has 7 heteroatoms. The topological polar surface area (TPSA) is 107 Å². The fourth-order valence-corrected chi connectivity index (χ4v) is 2.94. The Balaban J connectivity index is 2.20. The average Bonchev–Trinajstić information content (AvgIpc) is 2.57. The van der Waals surface area contributed by atoms with Gasteiger partial charge in [-0.1, -0.05) is 38.1 Å². The van der Waals surface area contributed by atoms with Crippen LogP contribution in [0.3, 0.4) is 0 Å². The number of hydrogen-bond donors (Lipinski definition) is 3. The van der Waals surface area contributed by atoms with Gasteiger partial charge in [0.1, 0.15) is 6.04 Å². The predicted molar refractivity (Wildman–Crippen MR) is 95.2 cm³/mol. The van der Waals surface area contributed by atoms with Crippen LogP contribution in [-0.2, 0) is 27.3 Å². The zero-order chi connectivity index (χ0) is 19.5. The summed E-state index contributed by atoms with van der Waals surface area (Å²) in [6.07, 6.45) is 0.694. The van der Waals surface area contributed by atoms with E-state index in [1.807, 2.05) is 38.1 Å². The van der Waals surface area contributed by atoms with Crippen molar-refractivity contribution in [2.45, 2.75) is 51.8 Å². The first-order chi connectivity index (χ1) is 12.1. The number of aliphatic carboxylic acids is 1. The van der Waals surface area contributed by atoms with Crippen LogP contribution in [-0.4, -0.2) is 51.1 Å². The minimum absolute atomic E-state index is 0.111. The average molecular weight is 362 g/mol. The van der Waals surface area contributed by atoms with Crippen molar-refractivity contribution in [1.82, 2.24) is 10.2 Å². The van der Waals surface area contributed by atoms with E-state index >= 15 is 0 Å². The highest BCUT2D eigenvalue weighted by atomic mass is 16.4. The quantitative estimate of drug-likeness (QED) is 0.698. The zero-order valence-electron chi connectivity index (χ0n) is 15.4. The van der Waals surface area contributed by atoms with Crippen LogP contribution >= 0.6 is 0 Å². The highest BCUT2D eigenvalue weighted by molar-refractivity contribution is 5.89. The van der Waals surface area contributed by atoms with Crippen LogP contribution < -0.4 is 5.32 Å². The number of nitrogens with zero attached hydrogens (tertiary/aromatic N) is 1. The molecule has 142 valence electrons. The third kappa shape index (κ3) is 4.60. The molecule has 2 atom stereocenters. The Hall–Kier alpha value is -2.41. The van der Waals surface area contributed by atoms with Gasteiger partial charge >= 0.3 is 5.97 Å². The number of fused-ring (bicyclic) bond motifs is 1. The molecular formula is C19H26N2O5. The van der Waals surface area contributed by atoms with Crippen LogP contribution in [0.25, 0.3) is 0 Å². The van der Waals surface area contributed by atoms with Gasteiger partial charge in [-0.2, -0.15) is 0 Å². The molecule has 1 aromatic carbocycles. The summed E-state index contributed by atoms with van der Waals surface area (Å²) in [4.78, 5) is 37.9. The number of nitrogens with one attached hydrogen (secondary N) is 1. The van der Waals surface area contributed by atoms with E-state index in [1.165, 1.54) is 0 Å². The van der Waals surface area contributed by atoms with Crippen LogP contribution in [0.4, 0.5) is 0 Å². The van der Waals surface area contributed by atoms with Gasteiger partial charge in [-0.05, 0) is 24.0 Å². The first-order valence-corrected chi connectivity index (χ1v) is 8.71. The molecular weight excluding hydrogens is 336 g/mol. The van der Waals surface area contributed by atoms with Gasteiger partial charge in [0, 0.05) is 19.4 Å². The maximum absolute atomic E-state index is 12.7. The third-order valence-corrected chi connectivity index (χ3v) is 4.52. The first kappa shape index (κ1) is 19.9. The van der Waals surface area contributed by atoms with E-state index in [4.69, 9.17) is 5.11 Å². The van der Waals surface area contributed by atoms with E-state index in [9.17, 15) is 19.5 Å². The van der Waals surface area contributed by atoms with Crippen molar-refractivity contribution in [1.29, 1.82) is 0 Å². The Morgan fingerprint density at radius 1 is 1.27 bits per heavy atom. The summed E-state index contributed by atoms with van der Waals surface area (Å²) in [5, 5.41) is 21.2. The minimum Gasteiger partial charge on any atom is -0.479 e. The van der Waals surface area contributed by atoms with Crippen molar-refractivity contribution < 1.29 is 24.6 Å². The standard InChI is InChI=1S/C19H26N2O5/c1-12(2)8-16(22)21-10-14-7-5-4-6-13(14)9-15(21)17(23)20-11-19(3,26)18(24)25/h4-7,12,15,26H,8-11H2,1-3H3,(H,20,23)(H,24,25). The predicted octanol–water partition coefficient (Wildman–Crippen LogP) is 0.938. The van der Waals surface area contributed by atoms with Gasteiger partial charge in [-0.15, -0.1) is 0 Å². The molecule has 0 fully saturated rings. The second kappa shape index (κ2) is 7.86. The second-order valence-corrected chi connectivity index (χ2v) is 7.41. The van der Waals surface area contributed by atoms with Gasteiger partial charge in [0.2, 0.25) is 11.8 Å². The molecule has 1 aromatic rings. The summed E-state index contributed by atoms with van der Waals surface area (Å²) in [7, 11) is 0. The Morgan fingerprint density at radius 2 is 1.88 bits per heavy atom. The number of carboxylic acid groups (broad SMARTS) is 1. The van der Waals surface area contributed by atoms with Gasteiger partial charge in [0.15, 0.2) is 5.60 Å². The lowest BCUT2D eigenvalue weighted by atomic mass is 9.92. The van der Waals surface area contributed by atoms with Crippen molar-refractivity contribution in [3.63, 3.8) is 0 Å². The Kier molecular flexibility index (Phi) is 6.02. The molecule has 0 bridgehead atoms. The lowest BCUT2D eigenvalue weighted by molar-refractivity contribution is -0.156. The maximum Gasteiger partial charge on any atom is 0.337 e. The van der Waals surface area contributed by atoms with Crippen molar-refractivity contribution >= 4 is 17.8 Å². The SMILES string of the molecule is CC(C)CC(=O)N1Cc2ccccc2CC1C(=O)NCC(C)(O)C(=O)O. The van der Waals surface area contributed by atoms with Gasteiger partial charge in [-0.25, -0.2) is 4.79 Å². The number of hydrogen-bond acceptors (Lipinski definition) is 4. The molecule has 26 heavy (non-hydrogen) atoms. The molecule has 1 heterocycles. The fourth-order valence-electron chi connectivity index (χ4n) is 2.94. The Morgan fingerprint density at radius 3 is 2.46 bits per heavy atom. The molecule has 0 spiro atoms. The van der Waals surface area contributed by atoms with Crippen molar-refractivity contribution in [2.24, 2.45) is 5.92 Å². The van der Waals surface area contributed by atoms with E-state index in [0.717, 1.165) is 18.1 Å². The zero-order valence-corrected chi connectivity index (χ0v) is 15.4. The third-order valence-electron chi connectivity index (χ3n) is 4.52. The van der Waals surface area contributed by atoms with E-state index in [0.29, 0.717) is 19.4 Å². The van der Waals surface area contributed by atoms with Gasteiger partial charge in [0.05, 0.1) is 6.54 Å².